The van der Waals surface area contributed by atoms with E-state index in [4.69, 9.17) is 10.6 Å². The van der Waals surface area contributed by atoms with Gasteiger partial charge < -0.3 is 4.74 Å². The first-order valence-corrected chi connectivity index (χ1v) is 5.05. The fourth-order valence-corrected chi connectivity index (χ4v) is 1.50. The molecule has 0 spiro atoms. The molecule has 0 unspecified atom stereocenters. The van der Waals surface area contributed by atoms with Gasteiger partial charge in [-0.3, -0.25) is 5.01 Å². The molecule has 0 saturated carbocycles. The highest BCUT2D eigenvalue weighted by Gasteiger charge is 2.04. The molecule has 0 aliphatic heterocycles. The zero-order chi connectivity index (χ0) is 11.4. The quantitative estimate of drug-likeness (QED) is 0.630. The van der Waals surface area contributed by atoms with Gasteiger partial charge in [0.1, 0.15) is 5.75 Å². The summed E-state index contributed by atoms with van der Waals surface area (Å²) in [6.07, 6.45) is 0. The Morgan fingerprint density at radius 2 is 1.62 bits per heavy atom. The molecule has 0 aromatic heterocycles. The molecule has 0 fully saturated rings. The van der Waals surface area contributed by atoms with Crippen LogP contribution in [0.15, 0.2) is 54.6 Å². The van der Waals surface area contributed by atoms with Gasteiger partial charge in [-0.05, 0) is 24.3 Å². The van der Waals surface area contributed by atoms with Gasteiger partial charge in [0.15, 0.2) is 0 Å². The minimum atomic E-state index is 0.795. The van der Waals surface area contributed by atoms with Gasteiger partial charge in [0.25, 0.3) is 0 Å². The molecule has 0 radical (unpaired) electrons. The number of benzene rings is 2. The molecule has 3 nitrogen and oxygen atoms in total. The van der Waals surface area contributed by atoms with Crippen LogP contribution in [0, 0.1) is 0 Å². The second-order valence-electron chi connectivity index (χ2n) is 3.41. The maximum Gasteiger partial charge on any atom is 0.120 e. The number of anilines is 2. The van der Waals surface area contributed by atoms with E-state index < -0.39 is 0 Å². The Bertz CT molecular complexity index is 456. The summed E-state index contributed by atoms with van der Waals surface area (Å²) in [5, 5.41) is 1.63. The zero-order valence-corrected chi connectivity index (χ0v) is 9.13. The highest BCUT2D eigenvalue weighted by molar-refractivity contribution is 5.62. The van der Waals surface area contributed by atoms with E-state index in [0.29, 0.717) is 0 Å². The number of para-hydroxylation sites is 1. The number of rotatable bonds is 3. The normalized spacial score (nSPS) is 9.88. The van der Waals surface area contributed by atoms with E-state index in [9.17, 15) is 0 Å². The summed E-state index contributed by atoms with van der Waals surface area (Å²) < 4.78 is 5.16. The van der Waals surface area contributed by atoms with Gasteiger partial charge >= 0.3 is 0 Å². The maximum atomic E-state index is 6.02. The molecule has 0 aliphatic rings. The van der Waals surface area contributed by atoms with Gasteiger partial charge in [0.2, 0.25) is 0 Å². The molecule has 0 heterocycles. The Hall–Kier alpha value is -2.00. The molecule has 2 aromatic rings. The van der Waals surface area contributed by atoms with Crippen molar-refractivity contribution in [2.75, 3.05) is 12.1 Å². The number of hydrazine groups is 1. The summed E-state index contributed by atoms with van der Waals surface area (Å²) in [7, 11) is 1.64. The Morgan fingerprint density at radius 1 is 0.938 bits per heavy atom. The Balaban J connectivity index is 2.30. The smallest absolute Gasteiger partial charge is 0.120 e. The van der Waals surface area contributed by atoms with Crippen molar-refractivity contribution in [2.24, 2.45) is 5.84 Å². The monoisotopic (exact) mass is 214 g/mol. The lowest BCUT2D eigenvalue weighted by atomic mass is 10.2. The lowest BCUT2D eigenvalue weighted by Crippen LogP contribution is -2.24. The summed E-state index contributed by atoms with van der Waals surface area (Å²) in [5.41, 5.74) is 1.83. The molecule has 0 amide bonds. The fourth-order valence-electron chi connectivity index (χ4n) is 1.50. The lowest BCUT2D eigenvalue weighted by Gasteiger charge is -2.19. The summed E-state index contributed by atoms with van der Waals surface area (Å²) >= 11 is 0. The zero-order valence-electron chi connectivity index (χ0n) is 9.13. The van der Waals surface area contributed by atoms with Gasteiger partial charge in [0.05, 0.1) is 18.5 Å². The standard InChI is InChI=1S/C13H14N2O/c1-16-13-9-5-8-12(10-13)15(14)11-6-3-2-4-7-11/h2-10H,14H2,1H3. The summed E-state index contributed by atoms with van der Waals surface area (Å²) in [6, 6.07) is 17.4. The van der Waals surface area contributed by atoms with Crippen molar-refractivity contribution in [3.8, 4) is 5.75 Å². The number of ether oxygens (including phenoxy) is 1. The van der Waals surface area contributed by atoms with Crippen molar-refractivity contribution < 1.29 is 4.74 Å². The Labute approximate surface area is 95.0 Å². The van der Waals surface area contributed by atoms with Crippen LogP contribution in [0.25, 0.3) is 0 Å². The van der Waals surface area contributed by atoms with E-state index in [-0.39, 0.29) is 0 Å². The van der Waals surface area contributed by atoms with Crippen molar-refractivity contribution in [2.45, 2.75) is 0 Å². The van der Waals surface area contributed by atoms with E-state index >= 15 is 0 Å². The predicted octanol–water partition coefficient (Wildman–Crippen LogP) is 2.71. The fraction of sp³-hybridized carbons (Fsp3) is 0.0769. The number of methoxy groups -OCH3 is 1. The van der Waals surface area contributed by atoms with Gasteiger partial charge in [-0.2, -0.15) is 0 Å². The molecular formula is C13H14N2O. The van der Waals surface area contributed by atoms with Crippen molar-refractivity contribution >= 4 is 11.4 Å². The summed E-state index contributed by atoms with van der Waals surface area (Å²) in [4.78, 5) is 0. The maximum absolute atomic E-state index is 6.02. The van der Waals surface area contributed by atoms with Gasteiger partial charge in [-0.25, -0.2) is 5.84 Å². The summed E-state index contributed by atoms with van der Waals surface area (Å²) in [5.74, 6) is 6.81. The number of nitrogens with zero attached hydrogens (tertiary/aromatic N) is 1. The van der Waals surface area contributed by atoms with Crippen LogP contribution in [-0.2, 0) is 0 Å². The van der Waals surface area contributed by atoms with Gasteiger partial charge in [0, 0.05) is 6.07 Å². The van der Waals surface area contributed by atoms with Crippen LogP contribution in [-0.4, -0.2) is 7.11 Å². The molecule has 2 aromatic carbocycles. The molecule has 0 saturated heterocycles. The molecule has 0 aliphatic carbocycles. The average Bonchev–Trinajstić information content (AvgIpc) is 2.39. The second-order valence-corrected chi connectivity index (χ2v) is 3.41. The third kappa shape index (κ3) is 2.15. The van der Waals surface area contributed by atoms with Crippen LogP contribution >= 0.6 is 0 Å². The van der Waals surface area contributed by atoms with Crippen LogP contribution in [0.3, 0.4) is 0 Å². The largest absolute Gasteiger partial charge is 0.497 e. The van der Waals surface area contributed by atoms with E-state index in [0.717, 1.165) is 17.1 Å². The predicted molar refractivity (Wildman–Crippen MR) is 65.8 cm³/mol. The van der Waals surface area contributed by atoms with Gasteiger partial charge in [-0.1, -0.05) is 24.3 Å². The Kier molecular flexibility index (Phi) is 3.08. The Morgan fingerprint density at radius 3 is 2.31 bits per heavy atom. The summed E-state index contributed by atoms with van der Waals surface area (Å²) in [6.45, 7) is 0. The van der Waals surface area contributed by atoms with Crippen molar-refractivity contribution in [1.29, 1.82) is 0 Å². The third-order valence-corrected chi connectivity index (χ3v) is 2.37. The van der Waals surface area contributed by atoms with E-state index in [1.807, 2.05) is 54.6 Å². The van der Waals surface area contributed by atoms with Crippen LogP contribution in [0.1, 0.15) is 0 Å². The van der Waals surface area contributed by atoms with Crippen LogP contribution in [0.5, 0.6) is 5.75 Å². The highest BCUT2D eigenvalue weighted by atomic mass is 16.5. The molecule has 3 heteroatoms. The molecule has 2 N–H and O–H groups in total. The van der Waals surface area contributed by atoms with Crippen molar-refractivity contribution in [3.05, 3.63) is 54.6 Å². The van der Waals surface area contributed by atoms with Crippen LogP contribution in [0.4, 0.5) is 11.4 Å². The van der Waals surface area contributed by atoms with Crippen molar-refractivity contribution in [1.82, 2.24) is 0 Å². The SMILES string of the molecule is COc1cccc(N(N)c2ccccc2)c1. The number of hydrogen-bond donors (Lipinski definition) is 1. The first kappa shape index (κ1) is 10.5. The van der Waals surface area contributed by atoms with Crippen LogP contribution < -0.4 is 15.6 Å². The minimum absolute atomic E-state index is 0.795. The van der Waals surface area contributed by atoms with E-state index in [2.05, 4.69) is 0 Å². The number of hydrogen-bond acceptors (Lipinski definition) is 3. The molecule has 16 heavy (non-hydrogen) atoms. The molecule has 0 atom stereocenters. The van der Waals surface area contributed by atoms with Crippen molar-refractivity contribution in [3.63, 3.8) is 0 Å². The number of nitrogens with two attached hydrogens (primary N) is 1. The highest BCUT2D eigenvalue weighted by Crippen LogP contribution is 2.24. The van der Waals surface area contributed by atoms with Gasteiger partial charge in [-0.15, -0.1) is 0 Å². The molecule has 82 valence electrons. The third-order valence-electron chi connectivity index (χ3n) is 2.37. The van der Waals surface area contributed by atoms with Crippen LogP contribution in [0.2, 0.25) is 0 Å². The lowest BCUT2D eigenvalue weighted by molar-refractivity contribution is 0.415. The van der Waals surface area contributed by atoms with E-state index in [1.165, 1.54) is 0 Å². The minimum Gasteiger partial charge on any atom is -0.497 e. The topological polar surface area (TPSA) is 38.5 Å². The average molecular weight is 214 g/mol. The van der Waals surface area contributed by atoms with E-state index in [1.54, 1.807) is 12.1 Å². The molecule has 0 bridgehead atoms. The first-order chi connectivity index (χ1) is 7.81. The first-order valence-electron chi connectivity index (χ1n) is 5.05. The molecule has 2 rings (SSSR count). The molecular weight excluding hydrogens is 200 g/mol. The second kappa shape index (κ2) is 4.68.